The second-order valence-electron chi connectivity index (χ2n) is 5.88. The average molecular weight is 379 g/mol. The first-order chi connectivity index (χ1) is 12.5. The van der Waals surface area contributed by atoms with Gasteiger partial charge in [0.2, 0.25) is 10.0 Å². The number of methoxy groups -OCH3 is 2. The zero-order chi connectivity index (χ0) is 18.7. The van der Waals surface area contributed by atoms with Crippen molar-refractivity contribution in [3.8, 4) is 11.5 Å². The fourth-order valence-electron chi connectivity index (χ4n) is 2.84. The molecule has 0 radical (unpaired) electrons. The van der Waals surface area contributed by atoms with Crippen LogP contribution in [0.4, 0.5) is 5.69 Å². The van der Waals surface area contributed by atoms with Gasteiger partial charge in [-0.15, -0.1) is 0 Å². The highest BCUT2D eigenvalue weighted by molar-refractivity contribution is 7.89. The van der Waals surface area contributed by atoms with Crippen LogP contribution < -0.4 is 14.8 Å². The number of anilines is 1. The van der Waals surface area contributed by atoms with Crippen LogP contribution in [-0.2, 0) is 10.0 Å². The van der Waals surface area contributed by atoms with Gasteiger partial charge in [-0.25, -0.2) is 8.42 Å². The number of hydrogen-bond acceptors (Lipinski definition) is 5. The van der Waals surface area contributed by atoms with Gasteiger partial charge in [0.15, 0.2) is 11.5 Å². The predicted octanol–water partition coefficient (Wildman–Crippen LogP) is 2.07. The average Bonchev–Trinajstić information content (AvgIpc) is 3.33. The van der Waals surface area contributed by atoms with Crippen LogP contribution in [0.5, 0.6) is 11.5 Å². The number of rotatable bonds is 6. The van der Waals surface area contributed by atoms with Gasteiger partial charge in [-0.1, -0.05) is 0 Å². The second-order valence-corrected chi connectivity index (χ2v) is 7.82. The number of nitrogens with zero attached hydrogens (tertiary/aromatic N) is 1. The van der Waals surface area contributed by atoms with Crippen molar-refractivity contribution in [3.05, 3.63) is 36.2 Å². The van der Waals surface area contributed by atoms with Gasteiger partial charge < -0.3 is 19.8 Å². The summed E-state index contributed by atoms with van der Waals surface area (Å²) in [5.74, 6) is 0.582. The summed E-state index contributed by atoms with van der Waals surface area (Å²) in [7, 11) is -0.529. The number of carbonyl (C=O) groups excluding carboxylic acids is 1. The summed E-state index contributed by atoms with van der Waals surface area (Å²) in [6.07, 6.45) is 3.06. The van der Waals surface area contributed by atoms with Crippen molar-refractivity contribution in [1.82, 2.24) is 9.29 Å². The van der Waals surface area contributed by atoms with Crippen LogP contribution >= 0.6 is 0 Å². The number of ether oxygens (including phenoxy) is 2. The Hall–Kier alpha value is -2.52. The van der Waals surface area contributed by atoms with E-state index in [2.05, 4.69) is 10.3 Å². The van der Waals surface area contributed by atoms with Crippen LogP contribution in [0.15, 0.2) is 35.4 Å². The summed E-state index contributed by atoms with van der Waals surface area (Å²) < 4.78 is 36.8. The van der Waals surface area contributed by atoms with E-state index in [1.165, 1.54) is 30.8 Å². The largest absolute Gasteiger partial charge is 0.493 e. The highest BCUT2D eigenvalue weighted by Crippen LogP contribution is 2.30. The molecule has 1 saturated heterocycles. The number of H-pyrrole nitrogens is 1. The number of benzene rings is 1. The highest BCUT2D eigenvalue weighted by atomic mass is 32.2. The lowest BCUT2D eigenvalue weighted by Gasteiger charge is -2.13. The minimum Gasteiger partial charge on any atom is -0.493 e. The Kier molecular flexibility index (Phi) is 5.19. The lowest BCUT2D eigenvalue weighted by atomic mass is 10.2. The molecule has 0 atom stereocenters. The number of hydrogen-bond donors (Lipinski definition) is 2. The maximum Gasteiger partial charge on any atom is 0.272 e. The summed E-state index contributed by atoms with van der Waals surface area (Å²) in [5.41, 5.74) is 0.670. The lowest BCUT2D eigenvalue weighted by molar-refractivity contribution is 0.102. The Morgan fingerprint density at radius 3 is 2.46 bits per heavy atom. The van der Waals surface area contributed by atoms with E-state index >= 15 is 0 Å². The lowest BCUT2D eigenvalue weighted by Crippen LogP contribution is -2.27. The number of nitrogens with one attached hydrogen (secondary N) is 2. The summed E-state index contributed by atoms with van der Waals surface area (Å²) in [6.45, 7) is 1.03. The molecule has 1 aliphatic heterocycles. The third kappa shape index (κ3) is 3.54. The molecule has 0 spiro atoms. The van der Waals surface area contributed by atoms with Crippen molar-refractivity contribution in [2.24, 2.45) is 0 Å². The standard InChI is InChI=1S/C17H21N3O5S/c1-24-15-6-5-12(9-16(15)25-2)19-17(21)14-10-13(11-18-14)26(22,23)20-7-3-4-8-20/h5-6,9-11,18H,3-4,7-8H2,1-2H3,(H,19,21). The molecular weight excluding hydrogens is 358 g/mol. The van der Waals surface area contributed by atoms with E-state index in [1.807, 2.05) is 0 Å². The molecule has 26 heavy (non-hydrogen) atoms. The minimum atomic E-state index is -3.56. The first-order valence-corrected chi connectivity index (χ1v) is 9.61. The Bertz CT molecular complexity index is 901. The highest BCUT2D eigenvalue weighted by Gasteiger charge is 2.28. The van der Waals surface area contributed by atoms with Crippen molar-refractivity contribution in [2.75, 3.05) is 32.6 Å². The molecule has 1 fully saturated rings. The molecule has 1 aromatic heterocycles. The summed E-state index contributed by atoms with van der Waals surface area (Å²) in [5, 5.41) is 2.70. The Morgan fingerprint density at radius 2 is 1.81 bits per heavy atom. The van der Waals surface area contributed by atoms with Gasteiger partial charge in [0.25, 0.3) is 5.91 Å². The number of amides is 1. The maximum atomic E-state index is 12.5. The van der Waals surface area contributed by atoms with Crippen molar-refractivity contribution in [3.63, 3.8) is 0 Å². The number of aromatic nitrogens is 1. The van der Waals surface area contributed by atoms with Gasteiger partial charge in [-0.2, -0.15) is 4.31 Å². The summed E-state index contributed by atoms with van der Waals surface area (Å²) in [6, 6.07) is 6.32. The molecule has 3 rings (SSSR count). The van der Waals surface area contributed by atoms with Crippen LogP contribution in [-0.4, -0.2) is 50.9 Å². The first kappa shape index (κ1) is 18.3. The molecule has 1 amide bonds. The monoisotopic (exact) mass is 379 g/mol. The van der Waals surface area contributed by atoms with Gasteiger partial charge in [0.05, 0.1) is 14.2 Å². The van der Waals surface area contributed by atoms with E-state index in [1.54, 1.807) is 18.2 Å². The topological polar surface area (TPSA) is 101 Å². The normalized spacial score (nSPS) is 15.0. The summed E-state index contributed by atoms with van der Waals surface area (Å²) in [4.78, 5) is 15.2. The second kappa shape index (κ2) is 7.38. The van der Waals surface area contributed by atoms with Gasteiger partial charge in [0.1, 0.15) is 10.6 Å². The zero-order valence-electron chi connectivity index (χ0n) is 14.6. The molecule has 9 heteroatoms. The third-order valence-electron chi connectivity index (χ3n) is 4.25. The fourth-order valence-corrected chi connectivity index (χ4v) is 4.36. The molecule has 2 N–H and O–H groups in total. The van der Waals surface area contributed by atoms with Crippen LogP contribution in [0.1, 0.15) is 23.3 Å². The molecule has 140 valence electrons. The van der Waals surface area contributed by atoms with E-state index in [0.29, 0.717) is 30.3 Å². The Labute approximate surface area is 152 Å². The number of sulfonamides is 1. The van der Waals surface area contributed by atoms with E-state index in [0.717, 1.165) is 12.8 Å². The van der Waals surface area contributed by atoms with E-state index in [9.17, 15) is 13.2 Å². The molecule has 0 saturated carbocycles. The van der Waals surface area contributed by atoms with Gasteiger partial charge in [-0.3, -0.25) is 4.79 Å². The zero-order valence-corrected chi connectivity index (χ0v) is 15.4. The third-order valence-corrected chi connectivity index (χ3v) is 6.12. The summed E-state index contributed by atoms with van der Waals surface area (Å²) >= 11 is 0. The Morgan fingerprint density at radius 1 is 1.12 bits per heavy atom. The minimum absolute atomic E-state index is 0.0943. The molecular formula is C17H21N3O5S. The van der Waals surface area contributed by atoms with Crippen LogP contribution in [0.25, 0.3) is 0 Å². The maximum absolute atomic E-state index is 12.5. The molecule has 0 aliphatic carbocycles. The number of aromatic amines is 1. The van der Waals surface area contributed by atoms with Crippen molar-refractivity contribution < 1.29 is 22.7 Å². The smallest absolute Gasteiger partial charge is 0.272 e. The Balaban J connectivity index is 1.76. The van der Waals surface area contributed by atoms with E-state index in [4.69, 9.17) is 9.47 Å². The molecule has 8 nitrogen and oxygen atoms in total. The van der Waals surface area contributed by atoms with Crippen molar-refractivity contribution >= 4 is 21.6 Å². The van der Waals surface area contributed by atoms with Crippen LogP contribution in [0, 0.1) is 0 Å². The number of carbonyl (C=O) groups is 1. The van der Waals surface area contributed by atoms with Crippen LogP contribution in [0.3, 0.4) is 0 Å². The van der Waals surface area contributed by atoms with Gasteiger partial charge in [-0.05, 0) is 31.0 Å². The molecule has 1 aliphatic rings. The van der Waals surface area contributed by atoms with Crippen LogP contribution in [0.2, 0.25) is 0 Å². The van der Waals surface area contributed by atoms with E-state index in [-0.39, 0.29) is 10.6 Å². The SMILES string of the molecule is COc1ccc(NC(=O)c2cc(S(=O)(=O)N3CCCC3)c[nH]2)cc1OC. The van der Waals surface area contributed by atoms with Gasteiger partial charge in [0, 0.05) is 31.0 Å². The van der Waals surface area contributed by atoms with E-state index < -0.39 is 15.9 Å². The molecule has 1 aromatic carbocycles. The van der Waals surface area contributed by atoms with Crippen molar-refractivity contribution in [2.45, 2.75) is 17.7 Å². The fraction of sp³-hybridized carbons (Fsp3) is 0.353. The predicted molar refractivity (Wildman–Crippen MR) is 96.3 cm³/mol. The molecule has 2 heterocycles. The first-order valence-electron chi connectivity index (χ1n) is 8.17. The molecule has 0 bridgehead atoms. The quantitative estimate of drug-likeness (QED) is 0.800. The molecule has 0 unspecified atom stereocenters. The van der Waals surface area contributed by atoms with Crippen molar-refractivity contribution in [1.29, 1.82) is 0 Å². The molecule has 2 aromatic rings. The van der Waals surface area contributed by atoms with Gasteiger partial charge >= 0.3 is 0 Å².